The molecule has 62 valence electrons. The van der Waals surface area contributed by atoms with Gasteiger partial charge in [0.1, 0.15) is 12.4 Å². The lowest BCUT2D eigenvalue weighted by atomic mass is 10.3. The van der Waals surface area contributed by atoms with Crippen LogP contribution in [0, 0.1) is 12.3 Å². The number of pyridine rings is 1. The van der Waals surface area contributed by atoms with Crippen molar-refractivity contribution in [2.45, 2.75) is 6.61 Å². The molecule has 0 bridgehead atoms. The van der Waals surface area contributed by atoms with Gasteiger partial charge in [-0.1, -0.05) is 5.92 Å². The third-order valence-electron chi connectivity index (χ3n) is 1.27. The van der Waals surface area contributed by atoms with Crippen molar-refractivity contribution in [3.63, 3.8) is 0 Å². The Morgan fingerprint density at radius 3 is 3.17 bits per heavy atom. The summed E-state index contributed by atoms with van der Waals surface area (Å²) in [6, 6.07) is 3.34. The summed E-state index contributed by atoms with van der Waals surface area (Å²) < 4.78 is 5.11. The van der Waals surface area contributed by atoms with Crippen LogP contribution < -0.4 is 4.74 Å². The third kappa shape index (κ3) is 2.26. The fourth-order valence-corrected chi connectivity index (χ4v) is 0.757. The molecule has 0 fully saturated rings. The Kier molecular flexibility index (Phi) is 3.12. The van der Waals surface area contributed by atoms with Gasteiger partial charge in [-0.05, 0) is 6.07 Å². The SMILES string of the molecule is C#CCOc1ccnc(CO)c1. The Bertz CT molecular complexity index is 291. The van der Waals surface area contributed by atoms with Gasteiger partial charge in [-0.15, -0.1) is 6.42 Å². The van der Waals surface area contributed by atoms with Crippen molar-refractivity contribution < 1.29 is 9.84 Å². The lowest BCUT2D eigenvalue weighted by Crippen LogP contribution is -1.95. The van der Waals surface area contributed by atoms with Crippen LogP contribution in [0.1, 0.15) is 5.69 Å². The molecule has 1 rings (SSSR count). The molecule has 1 heterocycles. The van der Waals surface area contributed by atoms with Crippen LogP contribution >= 0.6 is 0 Å². The predicted molar refractivity (Wildman–Crippen MR) is 44.5 cm³/mol. The summed E-state index contributed by atoms with van der Waals surface area (Å²) in [7, 11) is 0. The summed E-state index contributed by atoms with van der Waals surface area (Å²) in [6.07, 6.45) is 6.57. The summed E-state index contributed by atoms with van der Waals surface area (Å²) in [5.41, 5.74) is 0.574. The van der Waals surface area contributed by atoms with E-state index in [0.717, 1.165) is 0 Å². The molecule has 3 heteroatoms. The van der Waals surface area contributed by atoms with Crippen LogP contribution in [0.2, 0.25) is 0 Å². The van der Waals surface area contributed by atoms with E-state index in [9.17, 15) is 0 Å². The number of aliphatic hydroxyl groups is 1. The van der Waals surface area contributed by atoms with Gasteiger partial charge in [0.05, 0.1) is 12.3 Å². The highest BCUT2D eigenvalue weighted by Gasteiger charge is 1.94. The maximum Gasteiger partial charge on any atom is 0.148 e. The lowest BCUT2D eigenvalue weighted by molar-refractivity contribution is 0.275. The molecule has 0 aliphatic heterocycles. The summed E-state index contributed by atoms with van der Waals surface area (Å²) in [5.74, 6) is 2.98. The molecular weight excluding hydrogens is 154 g/mol. The highest BCUT2D eigenvalue weighted by atomic mass is 16.5. The number of terminal acetylenes is 1. The fraction of sp³-hybridized carbons (Fsp3) is 0.222. The average Bonchev–Trinajstić information content (AvgIpc) is 2.15. The second-order valence-corrected chi connectivity index (χ2v) is 2.13. The van der Waals surface area contributed by atoms with Gasteiger partial charge < -0.3 is 9.84 Å². The van der Waals surface area contributed by atoms with Gasteiger partial charge in [0, 0.05) is 12.3 Å². The van der Waals surface area contributed by atoms with E-state index in [4.69, 9.17) is 16.3 Å². The Morgan fingerprint density at radius 2 is 2.50 bits per heavy atom. The van der Waals surface area contributed by atoms with Crippen LogP contribution in [0.5, 0.6) is 5.75 Å². The minimum Gasteiger partial charge on any atom is -0.481 e. The first kappa shape index (κ1) is 8.57. The van der Waals surface area contributed by atoms with Crippen molar-refractivity contribution in [3.05, 3.63) is 24.0 Å². The van der Waals surface area contributed by atoms with E-state index < -0.39 is 0 Å². The molecule has 0 unspecified atom stereocenters. The van der Waals surface area contributed by atoms with E-state index in [1.165, 1.54) is 0 Å². The molecule has 0 atom stereocenters. The van der Waals surface area contributed by atoms with Gasteiger partial charge in [0.15, 0.2) is 0 Å². The molecule has 1 N–H and O–H groups in total. The standard InChI is InChI=1S/C9H9NO2/c1-2-5-12-9-3-4-10-8(6-9)7-11/h1,3-4,6,11H,5,7H2. The van der Waals surface area contributed by atoms with Crippen molar-refractivity contribution >= 4 is 0 Å². The summed E-state index contributed by atoms with van der Waals surface area (Å²) in [4.78, 5) is 3.88. The predicted octanol–water partition coefficient (Wildman–Crippen LogP) is 0.586. The monoisotopic (exact) mass is 163 g/mol. The lowest BCUT2D eigenvalue weighted by Gasteiger charge is -2.02. The zero-order chi connectivity index (χ0) is 8.81. The first-order valence-corrected chi connectivity index (χ1v) is 3.49. The number of ether oxygens (including phenoxy) is 1. The Balaban J connectivity index is 2.67. The van der Waals surface area contributed by atoms with Crippen molar-refractivity contribution in [1.29, 1.82) is 0 Å². The van der Waals surface area contributed by atoms with Gasteiger partial charge in [-0.2, -0.15) is 0 Å². The first-order chi connectivity index (χ1) is 5.86. The maximum absolute atomic E-state index is 8.73. The molecule has 0 saturated carbocycles. The largest absolute Gasteiger partial charge is 0.481 e. The highest BCUT2D eigenvalue weighted by Crippen LogP contribution is 2.10. The van der Waals surface area contributed by atoms with E-state index in [0.29, 0.717) is 11.4 Å². The van der Waals surface area contributed by atoms with Crippen molar-refractivity contribution in [3.8, 4) is 18.1 Å². The minimum atomic E-state index is -0.0900. The number of hydrogen-bond donors (Lipinski definition) is 1. The quantitative estimate of drug-likeness (QED) is 0.663. The molecule has 0 aliphatic rings. The Morgan fingerprint density at radius 1 is 1.67 bits per heavy atom. The van der Waals surface area contributed by atoms with E-state index in [2.05, 4.69) is 10.9 Å². The number of rotatable bonds is 3. The smallest absolute Gasteiger partial charge is 0.148 e. The second kappa shape index (κ2) is 4.37. The first-order valence-electron chi connectivity index (χ1n) is 3.49. The molecule has 0 radical (unpaired) electrons. The molecular formula is C9H9NO2. The molecule has 0 saturated heterocycles. The van der Waals surface area contributed by atoms with Crippen LogP contribution in [0.15, 0.2) is 18.3 Å². The molecule has 3 nitrogen and oxygen atoms in total. The van der Waals surface area contributed by atoms with Gasteiger partial charge in [0.25, 0.3) is 0 Å². The summed E-state index contributed by atoms with van der Waals surface area (Å²) in [5, 5.41) is 8.73. The van der Waals surface area contributed by atoms with Crippen molar-refractivity contribution in [2.24, 2.45) is 0 Å². The topological polar surface area (TPSA) is 42.4 Å². The molecule has 0 aromatic carbocycles. The number of hydrogen-bond acceptors (Lipinski definition) is 3. The van der Waals surface area contributed by atoms with E-state index in [1.807, 2.05) is 0 Å². The van der Waals surface area contributed by atoms with E-state index in [1.54, 1.807) is 18.3 Å². The maximum atomic E-state index is 8.73. The number of nitrogens with zero attached hydrogens (tertiary/aromatic N) is 1. The molecule has 1 aromatic rings. The van der Waals surface area contributed by atoms with Crippen molar-refractivity contribution in [2.75, 3.05) is 6.61 Å². The normalized spacial score (nSPS) is 9.00. The summed E-state index contributed by atoms with van der Waals surface area (Å²) in [6.45, 7) is 0.141. The zero-order valence-corrected chi connectivity index (χ0v) is 6.53. The van der Waals surface area contributed by atoms with Crippen LogP contribution in [-0.2, 0) is 6.61 Å². The zero-order valence-electron chi connectivity index (χ0n) is 6.53. The third-order valence-corrected chi connectivity index (χ3v) is 1.27. The number of aromatic nitrogens is 1. The fourth-order valence-electron chi connectivity index (χ4n) is 0.757. The van der Waals surface area contributed by atoms with E-state index >= 15 is 0 Å². The second-order valence-electron chi connectivity index (χ2n) is 2.13. The van der Waals surface area contributed by atoms with Crippen LogP contribution in [0.4, 0.5) is 0 Å². The molecule has 1 aromatic heterocycles. The summed E-state index contributed by atoms with van der Waals surface area (Å²) >= 11 is 0. The van der Waals surface area contributed by atoms with Gasteiger partial charge in [-0.3, -0.25) is 4.98 Å². The van der Waals surface area contributed by atoms with Crippen LogP contribution in [0.3, 0.4) is 0 Å². The molecule has 0 aliphatic carbocycles. The Hall–Kier alpha value is -1.53. The minimum absolute atomic E-state index is 0.0900. The molecule has 12 heavy (non-hydrogen) atoms. The van der Waals surface area contributed by atoms with Crippen LogP contribution in [0.25, 0.3) is 0 Å². The van der Waals surface area contributed by atoms with E-state index in [-0.39, 0.29) is 13.2 Å². The number of aliphatic hydroxyl groups excluding tert-OH is 1. The van der Waals surface area contributed by atoms with Crippen LogP contribution in [-0.4, -0.2) is 16.7 Å². The Labute approximate surface area is 71.0 Å². The highest BCUT2D eigenvalue weighted by molar-refractivity contribution is 5.22. The van der Waals surface area contributed by atoms with Gasteiger partial charge in [-0.25, -0.2) is 0 Å². The van der Waals surface area contributed by atoms with Gasteiger partial charge in [0.2, 0.25) is 0 Å². The molecule has 0 spiro atoms. The average molecular weight is 163 g/mol. The van der Waals surface area contributed by atoms with Crippen molar-refractivity contribution in [1.82, 2.24) is 4.98 Å². The molecule has 0 amide bonds. The van der Waals surface area contributed by atoms with Gasteiger partial charge >= 0.3 is 0 Å².